The summed E-state index contributed by atoms with van der Waals surface area (Å²) in [6, 6.07) is 4.40. The molecule has 0 bridgehead atoms. The van der Waals surface area contributed by atoms with Crippen LogP contribution in [-0.2, 0) is 9.59 Å². The Labute approximate surface area is 123 Å². The minimum absolute atomic E-state index is 0.0791. The van der Waals surface area contributed by atoms with Crippen molar-refractivity contribution in [3.05, 3.63) is 29.6 Å². The summed E-state index contributed by atoms with van der Waals surface area (Å²) in [4.78, 5) is 25.0. The molecule has 3 N–H and O–H groups in total. The maximum Gasteiger partial charge on any atom is 0.241 e. The van der Waals surface area contributed by atoms with Gasteiger partial charge in [-0.05, 0) is 37.5 Å². The summed E-state index contributed by atoms with van der Waals surface area (Å²) in [5, 5.41) is 2.95. The largest absolute Gasteiger partial charge is 0.376 e. The average molecular weight is 293 g/mol. The molecule has 1 aromatic rings. The minimum Gasteiger partial charge on any atom is -0.376 e. The first kappa shape index (κ1) is 15.3. The van der Waals surface area contributed by atoms with Crippen molar-refractivity contribution in [1.82, 2.24) is 4.90 Å². The lowest BCUT2D eigenvalue weighted by molar-refractivity contribution is -0.133. The standard InChI is InChI=1S/C15H20FN3O2/c1-10-4-5-12(16)7-13(10)18-8-14(20)19-6-2-3-11(9-19)15(17)21/h4-5,7,11,18H,2-3,6,8-9H2,1H3,(H2,17,21). The van der Waals surface area contributed by atoms with Crippen LogP contribution >= 0.6 is 0 Å². The molecular formula is C15H20FN3O2. The van der Waals surface area contributed by atoms with Crippen LogP contribution in [0.3, 0.4) is 0 Å². The third kappa shape index (κ3) is 3.93. The van der Waals surface area contributed by atoms with Gasteiger partial charge in [0.1, 0.15) is 5.82 Å². The van der Waals surface area contributed by atoms with Crippen LogP contribution in [0.1, 0.15) is 18.4 Å². The summed E-state index contributed by atoms with van der Waals surface area (Å²) < 4.78 is 13.2. The van der Waals surface area contributed by atoms with Crippen molar-refractivity contribution in [3.8, 4) is 0 Å². The van der Waals surface area contributed by atoms with Gasteiger partial charge in [-0.25, -0.2) is 4.39 Å². The average Bonchev–Trinajstić information content (AvgIpc) is 2.48. The van der Waals surface area contributed by atoms with Crippen molar-refractivity contribution < 1.29 is 14.0 Å². The number of benzene rings is 1. The van der Waals surface area contributed by atoms with E-state index in [2.05, 4.69) is 5.32 Å². The van der Waals surface area contributed by atoms with E-state index in [-0.39, 0.29) is 30.1 Å². The van der Waals surface area contributed by atoms with E-state index >= 15 is 0 Å². The number of likely N-dealkylation sites (tertiary alicyclic amines) is 1. The highest BCUT2D eigenvalue weighted by Gasteiger charge is 2.26. The Balaban J connectivity index is 1.92. The Morgan fingerprint density at radius 3 is 2.95 bits per heavy atom. The summed E-state index contributed by atoms with van der Waals surface area (Å²) in [6.07, 6.45) is 1.51. The predicted octanol–water partition coefficient (Wildman–Crippen LogP) is 1.27. The van der Waals surface area contributed by atoms with E-state index in [1.807, 2.05) is 6.92 Å². The Kier molecular flexibility index (Phi) is 4.77. The van der Waals surface area contributed by atoms with Gasteiger partial charge >= 0.3 is 0 Å². The topological polar surface area (TPSA) is 75.4 Å². The summed E-state index contributed by atoms with van der Waals surface area (Å²) in [6.45, 7) is 2.93. The van der Waals surface area contributed by atoms with Gasteiger partial charge in [0.25, 0.3) is 0 Å². The number of amides is 2. The van der Waals surface area contributed by atoms with Crippen molar-refractivity contribution in [3.63, 3.8) is 0 Å². The molecule has 1 saturated heterocycles. The van der Waals surface area contributed by atoms with Crippen LogP contribution in [0.25, 0.3) is 0 Å². The summed E-state index contributed by atoms with van der Waals surface area (Å²) in [7, 11) is 0. The quantitative estimate of drug-likeness (QED) is 0.878. The fourth-order valence-corrected chi connectivity index (χ4v) is 2.50. The van der Waals surface area contributed by atoms with Crippen LogP contribution in [0, 0.1) is 18.7 Å². The molecule has 2 rings (SSSR count). The van der Waals surface area contributed by atoms with Gasteiger partial charge in [0, 0.05) is 18.8 Å². The van der Waals surface area contributed by atoms with Crippen LogP contribution in [0.4, 0.5) is 10.1 Å². The highest BCUT2D eigenvalue weighted by Crippen LogP contribution is 2.18. The van der Waals surface area contributed by atoms with Crippen molar-refractivity contribution >= 4 is 17.5 Å². The molecule has 0 saturated carbocycles. The smallest absolute Gasteiger partial charge is 0.241 e. The summed E-state index contributed by atoms with van der Waals surface area (Å²) in [5.41, 5.74) is 6.77. The summed E-state index contributed by atoms with van der Waals surface area (Å²) in [5.74, 6) is -1.08. The number of anilines is 1. The number of aryl methyl sites for hydroxylation is 1. The first-order chi connectivity index (χ1) is 9.97. The van der Waals surface area contributed by atoms with Crippen LogP contribution in [0.15, 0.2) is 18.2 Å². The molecule has 5 nitrogen and oxygen atoms in total. The van der Waals surface area contributed by atoms with Gasteiger partial charge in [0.2, 0.25) is 11.8 Å². The van der Waals surface area contributed by atoms with E-state index in [4.69, 9.17) is 5.73 Å². The second-order valence-corrected chi connectivity index (χ2v) is 5.39. The van der Waals surface area contributed by atoms with Gasteiger partial charge in [-0.2, -0.15) is 0 Å². The van der Waals surface area contributed by atoms with Crippen molar-refractivity contribution in [2.45, 2.75) is 19.8 Å². The zero-order valence-corrected chi connectivity index (χ0v) is 12.1. The van der Waals surface area contributed by atoms with E-state index in [1.54, 1.807) is 11.0 Å². The Morgan fingerprint density at radius 1 is 1.48 bits per heavy atom. The fourth-order valence-electron chi connectivity index (χ4n) is 2.50. The van der Waals surface area contributed by atoms with Crippen molar-refractivity contribution in [2.75, 3.05) is 25.0 Å². The second kappa shape index (κ2) is 6.56. The van der Waals surface area contributed by atoms with Gasteiger partial charge in [-0.1, -0.05) is 6.07 Å². The molecule has 1 aliphatic heterocycles. The number of piperidine rings is 1. The van der Waals surface area contributed by atoms with E-state index < -0.39 is 0 Å². The minimum atomic E-state index is -0.360. The molecular weight excluding hydrogens is 273 g/mol. The van der Waals surface area contributed by atoms with Gasteiger partial charge in [-0.15, -0.1) is 0 Å². The normalized spacial score (nSPS) is 18.4. The number of halogens is 1. The molecule has 0 radical (unpaired) electrons. The number of rotatable bonds is 4. The van der Waals surface area contributed by atoms with Crippen molar-refractivity contribution in [2.24, 2.45) is 11.7 Å². The number of nitrogens with one attached hydrogen (secondary N) is 1. The third-order valence-corrected chi connectivity index (χ3v) is 3.81. The lowest BCUT2D eigenvalue weighted by Gasteiger charge is -2.31. The van der Waals surface area contributed by atoms with Crippen molar-refractivity contribution in [1.29, 1.82) is 0 Å². The van der Waals surface area contributed by atoms with Crippen LogP contribution in [0.2, 0.25) is 0 Å². The van der Waals surface area contributed by atoms with Gasteiger partial charge in [0.15, 0.2) is 0 Å². The number of primary amides is 1. The highest BCUT2D eigenvalue weighted by molar-refractivity contribution is 5.83. The molecule has 1 aromatic carbocycles. The van der Waals surface area contributed by atoms with Crippen LogP contribution in [0.5, 0.6) is 0 Å². The molecule has 2 amide bonds. The maximum absolute atomic E-state index is 13.2. The molecule has 0 aromatic heterocycles. The van der Waals surface area contributed by atoms with Crippen LogP contribution in [-0.4, -0.2) is 36.3 Å². The molecule has 1 fully saturated rings. The summed E-state index contributed by atoms with van der Waals surface area (Å²) >= 11 is 0. The predicted molar refractivity (Wildman–Crippen MR) is 78.1 cm³/mol. The Morgan fingerprint density at radius 2 is 2.24 bits per heavy atom. The number of carbonyl (C=O) groups excluding carboxylic acids is 2. The molecule has 0 spiro atoms. The SMILES string of the molecule is Cc1ccc(F)cc1NCC(=O)N1CCCC(C(N)=O)C1. The number of nitrogens with two attached hydrogens (primary N) is 1. The number of hydrogen-bond acceptors (Lipinski definition) is 3. The Hall–Kier alpha value is -2.11. The molecule has 6 heteroatoms. The highest BCUT2D eigenvalue weighted by atomic mass is 19.1. The molecule has 21 heavy (non-hydrogen) atoms. The molecule has 1 atom stereocenters. The molecule has 1 aliphatic rings. The number of nitrogens with zero attached hydrogens (tertiary/aromatic N) is 1. The maximum atomic E-state index is 13.2. The lowest BCUT2D eigenvalue weighted by atomic mass is 9.97. The Bertz CT molecular complexity index is 548. The first-order valence-electron chi connectivity index (χ1n) is 7.04. The first-order valence-corrected chi connectivity index (χ1v) is 7.04. The second-order valence-electron chi connectivity index (χ2n) is 5.39. The van der Waals surface area contributed by atoms with E-state index in [9.17, 15) is 14.0 Å². The monoisotopic (exact) mass is 293 g/mol. The third-order valence-electron chi connectivity index (χ3n) is 3.81. The lowest BCUT2D eigenvalue weighted by Crippen LogP contribution is -2.46. The van der Waals surface area contributed by atoms with Gasteiger partial charge < -0.3 is 16.0 Å². The van der Waals surface area contributed by atoms with Gasteiger partial charge in [0.05, 0.1) is 12.5 Å². The van der Waals surface area contributed by atoms with E-state index in [1.165, 1.54) is 12.1 Å². The zero-order chi connectivity index (χ0) is 15.4. The van der Waals surface area contributed by atoms with Gasteiger partial charge in [-0.3, -0.25) is 9.59 Å². The van der Waals surface area contributed by atoms with Crippen LogP contribution < -0.4 is 11.1 Å². The number of carbonyl (C=O) groups is 2. The number of hydrogen-bond donors (Lipinski definition) is 2. The molecule has 1 heterocycles. The fraction of sp³-hybridized carbons (Fsp3) is 0.467. The van der Waals surface area contributed by atoms with E-state index in [0.29, 0.717) is 18.8 Å². The molecule has 114 valence electrons. The zero-order valence-electron chi connectivity index (χ0n) is 12.1. The molecule has 1 unspecified atom stereocenters. The molecule has 0 aliphatic carbocycles. The van der Waals surface area contributed by atoms with E-state index in [0.717, 1.165) is 18.4 Å².